The Morgan fingerprint density at radius 2 is 1.25 bits per heavy atom. The molecule has 7 rings (SSSR count). The summed E-state index contributed by atoms with van der Waals surface area (Å²) in [7, 11) is -4.38. The monoisotopic (exact) mass is 1170 g/mol. The third-order valence-corrected chi connectivity index (χ3v) is 15.5. The lowest BCUT2D eigenvalue weighted by molar-refractivity contribution is -0.138. The number of imidazole rings is 1. The number of aryl methyl sites for hydroxylation is 4. The fraction of sp³-hybridized carbons (Fsp3) is 0.349. The number of rotatable bonds is 29. The van der Waals surface area contributed by atoms with Crippen LogP contribution in [0.25, 0.3) is 10.9 Å². The van der Waals surface area contributed by atoms with Crippen LogP contribution in [0.5, 0.6) is 0 Å². The van der Waals surface area contributed by atoms with Crippen molar-refractivity contribution in [1.29, 1.82) is 0 Å². The third kappa shape index (κ3) is 16.5. The maximum absolute atomic E-state index is 14.3. The first-order chi connectivity index (χ1) is 40.2. The van der Waals surface area contributed by atoms with Gasteiger partial charge in [0.15, 0.2) is 0 Å². The average molecular weight is 1170 g/mol. The van der Waals surface area contributed by atoms with E-state index in [2.05, 4.69) is 72.3 Å². The summed E-state index contributed by atoms with van der Waals surface area (Å²) in [5.41, 5.74) is 3.49. The Hall–Kier alpha value is -8.66. The smallest absolute Gasteiger partial charge is 0.407 e. The minimum absolute atomic E-state index is 0.0376. The first-order valence-corrected chi connectivity index (χ1v) is 29.5. The van der Waals surface area contributed by atoms with Gasteiger partial charge >= 0.3 is 12.1 Å². The lowest BCUT2D eigenvalue weighted by atomic mass is 9.76. The molecule has 1 atom stereocenters. The Bertz CT molecular complexity index is 3470. The Kier molecular flexibility index (Phi) is 21.8. The molecule has 0 spiro atoms. The van der Waals surface area contributed by atoms with Crippen LogP contribution >= 0.6 is 0 Å². The van der Waals surface area contributed by atoms with E-state index in [1.807, 2.05) is 73.8 Å². The number of pyridine rings is 1. The van der Waals surface area contributed by atoms with E-state index in [0.29, 0.717) is 68.2 Å². The van der Waals surface area contributed by atoms with Crippen LogP contribution < -0.4 is 36.7 Å². The molecule has 20 nitrogen and oxygen atoms in total. The van der Waals surface area contributed by atoms with Gasteiger partial charge in [0.1, 0.15) is 22.7 Å². The number of carbonyl (C=O) groups is 5. The number of anilines is 1. The number of fused-ring (bicyclic) bond motifs is 1. The number of carboxylic acids is 1. The molecule has 0 bridgehead atoms. The minimum Gasteiger partial charge on any atom is -0.480 e. The second kappa shape index (κ2) is 29.0. The van der Waals surface area contributed by atoms with E-state index >= 15 is 0 Å². The van der Waals surface area contributed by atoms with Crippen LogP contribution in [0.15, 0.2) is 150 Å². The normalized spacial score (nSPS) is 12.1. The van der Waals surface area contributed by atoms with Crippen LogP contribution in [0.3, 0.4) is 0 Å². The summed E-state index contributed by atoms with van der Waals surface area (Å²) in [5, 5.41) is 24.7. The number of alkyl carbamates (subject to hydrolysis) is 1. The summed E-state index contributed by atoms with van der Waals surface area (Å²) in [6.07, 6.45) is 5.94. The van der Waals surface area contributed by atoms with E-state index < -0.39 is 57.1 Å². The van der Waals surface area contributed by atoms with Crippen molar-refractivity contribution >= 4 is 56.7 Å². The molecule has 444 valence electrons. The van der Waals surface area contributed by atoms with Gasteiger partial charge in [0.2, 0.25) is 33.2 Å². The highest BCUT2D eigenvalue weighted by Crippen LogP contribution is 2.42. The van der Waals surface area contributed by atoms with Gasteiger partial charge < -0.3 is 45.7 Å². The van der Waals surface area contributed by atoms with Gasteiger partial charge in [-0.2, -0.15) is 4.72 Å². The summed E-state index contributed by atoms with van der Waals surface area (Å²) >= 11 is 0. The molecule has 21 heteroatoms. The van der Waals surface area contributed by atoms with Crippen molar-refractivity contribution in [1.82, 2.24) is 40.1 Å². The molecule has 4 amide bonds. The van der Waals surface area contributed by atoms with Gasteiger partial charge in [-0.15, -0.1) is 0 Å². The number of ether oxygens (including phenoxy) is 2. The van der Waals surface area contributed by atoms with Gasteiger partial charge in [-0.3, -0.25) is 28.5 Å². The molecule has 7 aromatic rings. The number of nitrogens with one attached hydrogen (secondary N) is 6. The number of aromatic nitrogens is 3. The molecule has 0 aliphatic rings. The molecule has 0 radical (unpaired) electrons. The zero-order chi connectivity index (χ0) is 60.4. The Morgan fingerprint density at radius 1 is 0.702 bits per heavy atom. The van der Waals surface area contributed by atoms with Crippen LogP contribution in [0.2, 0.25) is 0 Å². The van der Waals surface area contributed by atoms with Crippen molar-refractivity contribution in [3.8, 4) is 0 Å². The van der Waals surface area contributed by atoms with E-state index in [1.54, 1.807) is 69.6 Å². The highest BCUT2D eigenvalue weighted by molar-refractivity contribution is 7.89. The summed E-state index contributed by atoms with van der Waals surface area (Å²) in [6, 6.07) is 37.3. The lowest BCUT2D eigenvalue weighted by Gasteiger charge is -2.38. The van der Waals surface area contributed by atoms with Gasteiger partial charge in [0.25, 0.3) is 5.91 Å². The fourth-order valence-corrected chi connectivity index (χ4v) is 11.7. The summed E-state index contributed by atoms with van der Waals surface area (Å²) in [6.45, 7) is 11.9. The molecular weight excluding hydrogens is 1090 g/mol. The van der Waals surface area contributed by atoms with Crippen molar-refractivity contribution in [2.45, 2.75) is 109 Å². The molecule has 2 heterocycles. The third-order valence-electron chi connectivity index (χ3n) is 13.8. The largest absolute Gasteiger partial charge is 0.480 e. The van der Waals surface area contributed by atoms with E-state index in [0.717, 1.165) is 27.8 Å². The molecule has 0 fully saturated rings. The molecule has 0 aliphatic carbocycles. The standard InChI is InChI=1S/C63H75N9O11S/c1-43-37-44(2)57(45(3)38-43)84(80,81)70-52(59(77)78)41-68-58(76)51-42-71(33-16-29-64-54(73)27-28-55(74)65-30-17-35-82-36-18-31-67-61(79)83-62(4,5)6)53-39-46(25-26-50(53)56(51)75)40-69-60-66-32-34-72(60)63(47-19-10-7-11-20-47,48-21-12-8-13-22-48)49-23-14-9-15-24-49/h7-15,19-26,32,34,37-39,42,52,70H,16-18,27-31,33,35-36,40-41H2,1-6H3,(H,64,73)(H,65,74)(H,66,69)(H,67,79)(H,68,76)(H,77,78)/t52-/m0/s1. The van der Waals surface area contributed by atoms with Crippen molar-refractivity contribution in [3.05, 3.63) is 195 Å². The van der Waals surface area contributed by atoms with E-state index in [-0.39, 0.29) is 60.1 Å². The molecule has 0 unspecified atom stereocenters. The van der Waals surface area contributed by atoms with Crippen LogP contribution in [0.1, 0.15) is 102 Å². The number of aliphatic carboxylic acids is 1. The molecule has 0 saturated heterocycles. The van der Waals surface area contributed by atoms with Crippen molar-refractivity contribution in [2.24, 2.45) is 0 Å². The van der Waals surface area contributed by atoms with Crippen molar-refractivity contribution in [3.63, 3.8) is 0 Å². The minimum atomic E-state index is -4.38. The van der Waals surface area contributed by atoms with Crippen LogP contribution in [-0.2, 0) is 52.5 Å². The second-order valence-electron chi connectivity index (χ2n) is 21.5. The molecule has 2 aromatic heterocycles. The van der Waals surface area contributed by atoms with E-state index in [4.69, 9.17) is 14.5 Å². The predicted molar refractivity (Wildman–Crippen MR) is 321 cm³/mol. The Balaban J connectivity index is 1.05. The van der Waals surface area contributed by atoms with Crippen molar-refractivity contribution in [2.75, 3.05) is 44.7 Å². The van der Waals surface area contributed by atoms with Gasteiger partial charge in [-0.05, 0) is 106 Å². The number of hydrogen-bond donors (Lipinski definition) is 7. The number of nitrogens with zero attached hydrogens (tertiary/aromatic N) is 3. The van der Waals surface area contributed by atoms with E-state index in [9.17, 15) is 42.3 Å². The maximum atomic E-state index is 14.3. The number of carboxylic acid groups (broad SMARTS) is 1. The van der Waals surface area contributed by atoms with Gasteiger partial charge in [0, 0.05) is 89.3 Å². The van der Waals surface area contributed by atoms with Crippen molar-refractivity contribution < 1.29 is 47.0 Å². The van der Waals surface area contributed by atoms with E-state index in [1.165, 1.54) is 6.20 Å². The average Bonchev–Trinajstić information content (AvgIpc) is 2.14. The SMILES string of the molecule is Cc1cc(C)c(S(=O)(=O)N[C@@H](CNC(=O)c2cn(CCCNC(=O)CCC(=O)NCCCOCCCNC(=O)OC(C)(C)C)c3cc(CNc4nccn4C(c4ccccc4)(c4ccccc4)c4ccccc4)ccc3c2=O)C(=O)O)c(C)c1. The lowest BCUT2D eigenvalue weighted by Crippen LogP contribution is -2.49. The van der Waals surface area contributed by atoms with Gasteiger partial charge in [0.05, 0.1) is 10.4 Å². The fourth-order valence-electron chi connectivity index (χ4n) is 10.1. The molecule has 0 saturated carbocycles. The molecule has 0 aliphatic heterocycles. The number of sulfonamides is 1. The molecule has 84 heavy (non-hydrogen) atoms. The van der Waals surface area contributed by atoms with Gasteiger partial charge in [-0.1, -0.05) is 115 Å². The topological polar surface area (TPSA) is 270 Å². The quantitative estimate of drug-likeness (QED) is 0.0177. The first-order valence-electron chi connectivity index (χ1n) is 28.0. The van der Waals surface area contributed by atoms with Crippen LogP contribution in [0, 0.1) is 20.8 Å². The number of amides is 4. The Labute approximate surface area is 489 Å². The Morgan fingerprint density at radius 3 is 1.80 bits per heavy atom. The molecule has 7 N–H and O–H groups in total. The predicted octanol–water partition coefficient (Wildman–Crippen LogP) is 7.46. The van der Waals surface area contributed by atoms with Crippen LogP contribution in [-0.4, -0.2) is 108 Å². The maximum Gasteiger partial charge on any atom is 0.407 e. The van der Waals surface area contributed by atoms with Crippen LogP contribution in [0.4, 0.5) is 10.7 Å². The highest BCUT2D eigenvalue weighted by atomic mass is 32.2. The zero-order valence-electron chi connectivity index (χ0n) is 48.3. The summed E-state index contributed by atoms with van der Waals surface area (Å²) in [5.74, 6) is -2.56. The molecule has 5 aromatic carbocycles. The van der Waals surface area contributed by atoms with Gasteiger partial charge in [-0.25, -0.2) is 18.2 Å². The second-order valence-corrected chi connectivity index (χ2v) is 23.1. The number of carbonyl (C=O) groups excluding carboxylic acids is 4. The number of benzene rings is 5. The number of hydrogen-bond acceptors (Lipinski definition) is 12. The molecular formula is C63H75N9O11S. The first kappa shape index (κ1) is 62.9. The highest BCUT2D eigenvalue weighted by Gasteiger charge is 2.40. The summed E-state index contributed by atoms with van der Waals surface area (Å²) < 4.78 is 44.0. The zero-order valence-corrected chi connectivity index (χ0v) is 49.1. The summed E-state index contributed by atoms with van der Waals surface area (Å²) in [4.78, 5) is 82.9.